The van der Waals surface area contributed by atoms with Gasteiger partial charge in [-0.05, 0) is 30.3 Å². The van der Waals surface area contributed by atoms with Crippen molar-refractivity contribution in [1.82, 2.24) is 0 Å². The number of nitro groups is 1. The molecule has 0 aliphatic rings. The zero-order chi connectivity index (χ0) is 13.1. The predicted octanol–water partition coefficient (Wildman–Crippen LogP) is 3.11. The largest absolute Gasteiger partial charge is 0.450 e. The van der Waals surface area contributed by atoms with E-state index < -0.39 is 10.7 Å². The van der Waals surface area contributed by atoms with E-state index in [9.17, 15) is 14.5 Å². The van der Waals surface area contributed by atoms with Crippen molar-refractivity contribution in [1.29, 1.82) is 0 Å². The fourth-order valence-corrected chi connectivity index (χ4v) is 1.38. The minimum Gasteiger partial charge on any atom is -0.450 e. The topological polar surface area (TPSA) is 78.4 Å². The lowest BCUT2D eigenvalue weighted by molar-refractivity contribution is -0.385. The Morgan fingerprint density at radius 3 is 2.44 bits per heavy atom. The Morgan fingerprint density at radius 2 is 1.83 bits per heavy atom. The van der Waals surface area contributed by atoms with E-state index in [-0.39, 0.29) is 11.4 Å². The third-order valence-electron chi connectivity index (χ3n) is 2.23. The van der Waals surface area contributed by atoms with Crippen LogP contribution in [0.4, 0.5) is 15.8 Å². The van der Waals surface area contributed by atoms with Crippen LogP contribution in [-0.4, -0.2) is 4.92 Å². The normalized spacial score (nSPS) is 10.1. The molecular weight excluding hydrogens is 239 g/mol. The zero-order valence-corrected chi connectivity index (χ0v) is 9.17. The van der Waals surface area contributed by atoms with Gasteiger partial charge in [-0.2, -0.15) is 0 Å². The molecule has 2 N–H and O–H groups in total. The van der Waals surface area contributed by atoms with Gasteiger partial charge in [-0.15, -0.1) is 0 Å². The monoisotopic (exact) mass is 248 g/mol. The molecule has 0 atom stereocenters. The third kappa shape index (κ3) is 2.54. The maximum atomic E-state index is 13.1. The first-order valence-corrected chi connectivity index (χ1v) is 5.03. The number of rotatable bonds is 3. The molecule has 2 aromatic rings. The van der Waals surface area contributed by atoms with E-state index in [1.165, 1.54) is 0 Å². The van der Waals surface area contributed by atoms with Crippen molar-refractivity contribution < 1.29 is 14.1 Å². The summed E-state index contributed by atoms with van der Waals surface area (Å²) in [5.74, 6) is -0.409. The molecule has 0 spiro atoms. The minimum atomic E-state index is -0.633. The van der Waals surface area contributed by atoms with Crippen LogP contribution in [0.3, 0.4) is 0 Å². The predicted molar refractivity (Wildman–Crippen MR) is 64.0 cm³/mol. The molecule has 0 aromatic heterocycles. The molecule has 0 amide bonds. The number of benzene rings is 2. The molecule has 0 saturated carbocycles. The van der Waals surface area contributed by atoms with Gasteiger partial charge in [0.05, 0.1) is 4.92 Å². The van der Waals surface area contributed by atoms with Crippen molar-refractivity contribution in [3.8, 4) is 11.5 Å². The number of nitrogen functional groups attached to an aromatic ring is 1. The van der Waals surface area contributed by atoms with Crippen LogP contribution in [0.1, 0.15) is 0 Å². The van der Waals surface area contributed by atoms with Crippen molar-refractivity contribution in [3.05, 3.63) is 58.4 Å². The highest BCUT2D eigenvalue weighted by Gasteiger charge is 2.16. The number of halogens is 1. The van der Waals surface area contributed by atoms with Crippen molar-refractivity contribution in [3.63, 3.8) is 0 Å². The molecule has 2 aromatic carbocycles. The lowest BCUT2D eigenvalue weighted by Gasteiger charge is -2.06. The molecule has 0 aliphatic carbocycles. The maximum absolute atomic E-state index is 13.1. The molecule has 5 nitrogen and oxygen atoms in total. The van der Waals surface area contributed by atoms with Crippen LogP contribution in [0.2, 0.25) is 0 Å². The molecule has 2 rings (SSSR count). The van der Waals surface area contributed by atoms with E-state index in [1.54, 1.807) is 24.3 Å². The van der Waals surface area contributed by atoms with Crippen LogP contribution in [0.25, 0.3) is 0 Å². The summed E-state index contributed by atoms with van der Waals surface area (Å²) in [6.45, 7) is 0. The number of ether oxygens (including phenoxy) is 1. The van der Waals surface area contributed by atoms with Crippen molar-refractivity contribution >= 4 is 11.4 Å². The van der Waals surface area contributed by atoms with Gasteiger partial charge in [0.25, 0.3) is 0 Å². The molecular formula is C12H9FN2O3. The fraction of sp³-hybridized carbons (Fsp3) is 0. The molecule has 0 fully saturated rings. The van der Waals surface area contributed by atoms with E-state index in [0.717, 1.165) is 18.2 Å². The Morgan fingerprint density at radius 1 is 1.17 bits per heavy atom. The van der Waals surface area contributed by atoms with Crippen LogP contribution in [0.5, 0.6) is 11.5 Å². The van der Waals surface area contributed by atoms with Gasteiger partial charge in [-0.25, -0.2) is 4.39 Å². The average Bonchev–Trinajstić information content (AvgIpc) is 2.32. The first kappa shape index (κ1) is 11.8. The molecule has 0 aliphatic heterocycles. The van der Waals surface area contributed by atoms with Crippen LogP contribution < -0.4 is 10.5 Å². The maximum Gasteiger partial charge on any atom is 0.311 e. The fourth-order valence-electron chi connectivity index (χ4n) is 1.38. The molecule has 0 unspecified atom stereocenters. The summed E-state index contributed by atoms with van der Waals surface area (Å²) in [4.78, 5) is 10.1. The third-order valence-corrected chi connectivity index (χ3v) is 2.23. The number of nitrogens with zero attached hydrogens (tertiary/aromatic N) is 1. The van der Waals surface area contributed by atoms with E-state index >= 15 is 0 Å². The van der Waals surface area contributed by atoms with Crippen LogP contribution in [-0.2, 0) is 0 Å². The van der Waals surface area contributed by atoms with E-state index in [1.807, 2.05) is 0 Å². The summed E-state index contributed by atoms with van der Waals surface area (Å²) in [6, 6.07) is 9.29. The lowest BCUT2D eigenvalue weighted by atomic mass is 10.2. The van der Waals surface area contributed by atoms with Gasteiger partial charge >= 0.3 is 5.69 Å². The summed E-state index contributed by atoms with van der Waals surface area (Å²) in [6.07, 6.45) is 0. The van der Waals surface area contributed by atoms with Crippen molar-refractivity contribution in [2.45, 2.75) is 0 Å². The summed E-state index contributed by atoms with van der Waals surface area (Å²) in [7, 11) is 0. The molecule has 0 radical (unpaired) electrons. The van der Waals surface area contributed by atoms with E-state index in [2.05, 4.69) is 0 Å². The smallest absolute Gasteiger partial charge is 0.311 e. The molecule has 18 heavy (non-hydrogen) atoms. The summed E-state index contributed by atoms with van der Waals surface area (Å²) >= 11 is 0. The molecule has 0 saturated heterocycles. The van der Waals surface area contributed by atoms with Gasteiger partial charge in [0, 0.05) is 17.8 Å². The number of nitro benzene ring substituents is 1. The van der Waals surface area contributed by atoms with Crippen LogP contribution in [0, 0.1) is 15.9 Å². The van der Waals surface area contributed by atoms with Gasteiger partial charge in [-0.1, -0.05) is 0 Å². The highest BCUT2D eigenvalue weighted by atomic mass is 19.1. The highest BCUT2D eigenvalue weighted by molar-refractivity contribution is 5.49. The average molecular weight is 248 g/mol. The van der Waals surface area contributed by atoms with Gasteiger partial charge in [0.15, 0.2) is 0 Å². The Balaban J connectivity index is 2.35. The quantitative estimate of drug-likeness (QED) is 0.514. The van der Waals surface area contributed by atoms with Gasteiger partial charge in [0.1, 0.15) is 11.6 Å². The Labute approximate surface area is 102 Å². The summed E-state index contributed by atoms with van der Waals surface area (Å²) in [5.41, 5.74) is 5.74. The second-order valence-corrected chi connectivity index (χ2v) is 3.54. The van der Waals surface area contributed by atoms with Crippen LogP contribution in [0.15, 0.2) is 42.5 Å². The number of anilines is 1. The standard InChI is InChI=1S/C12H9FN2O3/c13-8-1-6-11(15(16)17)12(7-8)18-10-4-2-9(14)3-5-10/h1-7H,14H2. The lowest BCUT2D eigenvalue weighted by Crippen LogP contribution is -1.94. The summed E-state index contributed by atoms with van der Waals surface area (Å²) in [5, 5.41) is 10.8. The molecule has 6 heteroatoms. The van der Waals surface area contributed by atoms with Crippen molar-refractivity contribution in [2.24, 2.45) is 0 Å². The van der Waals surface area contributed by atoms with Crippen molar-refractivity contribution in [2.75, 3.05) is 5.73 Å². The molecule has 0 heterocycles. The summed E-state index contributed by atoms with van der Waals surface area (Å²) < 4.78 is 18.3. The highest BCUT2D eigenvalue weighted by Crippen LogP contribution is 2.32. The second-order valence-electron chi connectivity index (χ2n) is 3.54. The molecule has 92 valence electrons. The SMILES string of the molecule is Nc1ccc(Oc2cc(F)ccc2[N+](=O)[O-])cc1. The number of hydrogen-bond acceptors (Lipinski definition) is 4. The minimum absolute atomic E-state index is 0.148. The first-order chi connectivity index (χ1) is 8.56. The van der Waals surface area contributed by atoms with Crippen LogP contribution >= 0.6 is 0 Å². The Kier molecular flexibility index (Phi) is 3.09. The number of nitrogens with two attached hydrogens (primary N) is 1. The molecule has 0 bridgehead atoms. The first-order valence-electron chi connectivity index (χ1n) is 5.03. The van der Waals surface area contributed by atoms with Gasteiger partial charge < -0.3 is 10.5 Å². The Bertz CT molecular complexity index is 584. The van der Waals surface area contributed by atoms with Gasteiger partial charge in [-0.3, -0.25) is 10.1 Å². The van der Waals surface area contributed by atoms with E-state index in [0.29, 0.717) is 11.4 Å². The zero-order valence-electron chi connectivity index (χ0n) is 9.17. The number of hydrogen-bond donors (Lipinski definition) is 1. The van der Waals surface area contributed by atoms with E-state index in [4.69, 9.17) is 10.5 Å². The Hall–Kier alpha value is -2.63. The van der Waals surface area contributed by atoms with Gasteiger partial charge in [0.2, 0.25) is 5.75 Å². The second kappa shape index (κ2) is 4.70.